The second-order valence-corrected chi connectivity index (χ2v) is 7.23. The lowest BCUT2D eigenvalue weighted by molar-refractivity contribution is 0.0944. The van der Waals surface area contributed by atoms with Gasteiger partial charge in [-0.15, -0.1) is 0 Å². The predicted molar refractivity (Wildman–Crippen MR) is 117 cm³/mol. The summed E-state index contributed by atoms with van der Waals surface area (Å²) in [6.07, 6.45) is 4.12. The number of pyridine rings is 2. The van der Waals surface area contributed by atoms with Gasteiger partial charge in [-0.25, -0.2) is 4.98 Å². The molecule has 1 aromatic carbocycles. The average Bonchev–Trinajstić information content (AvgIpc) is 3.15. The van der Waals surface area contributed by atoms with Crippen molar-refractivity contribution in [3.8, 4) is 17.0 Å². The van der Waals surface area contributed by atoms with E-state index in [1.807, 2.05) is 43.3 Å². The Kier molecular flexibility index (Phi) is 5.68. The van der Waals surface area contributed by atoms with E-state index >= 15 is 0 Å². The summed E-state index contributed by atoms with van der Waals surface area (Å²) < 4.78 is 6.92. The second kappa shape index (κ2) is 8.55. The number of rotatable bonds is 6. The molecule has 0 aliphatic carbocycles. The van der Waals surface area contributed by atoms with Crippen LogP contribution in [-0.4, -0.2) is 27.4 Å². The van der Waals surface area contributed by atoms with E-state index in [0.29, 0.717) is 29.3 Å². The van der Waals surface area contributed by atoms with E-state index in [1.54, 1.807) is 36.0 Å². The highest BCUT2D eigenvalue weighted by Crippen LogP contribution is 2.20. The molecule has 3 aromatic heterocycles. The Morgan fingerprint density at radius 3 is 2.63 bits per heavy atom. The number of carbonyl (C=O) groups is 1. The number of aryl methyl sites for hydroxylation is 1. The third kappa shape index (κ3) is 4.00. The number of ether oxygens (including phenoxy) is 1. The van der Waals surface area contributed by atoms with Gasteiger partial charge in [0.05, 0.1) is 24.7 Å². The number of hydrogen-bond donors (Lipinski definition) is 1. The maximum atomic E-state index is 12.9. The quantitative estimate of drug-likeness (QED) is 0.496. The SMILES string of the molecule is CCc1nc2cc(Cl)ccn2c1C(=O)NCc1ccc(-c2ccc(OC)cn2)cc1. The molecule has 152 valence electrons. The number of nitrogens with one attached hydrogen (secondary N) is 1. The zero-order chi connectivity index (χ0) is 21.1. The Hall–Kier alpha value is -3.38. The summed E-state index contributed by atoms with van der Waals surface area (Å²) in [6.45, 7) is 2.39. The number of imidazole rings is 1. The first-order valence-corrected chi connectivity index (χ1v) is 10.0. The summed E-state index contributed by atoms with van der Waals surface area (Å²) in [6, 6.07) is 15.2. The van der Waals surface area contributed by atoms with Gasteiger partial charge in [0.1, 0.15) is 17.1 Å². The minimum absolute atomic E-state index is 0.164. The molecule has 0 spiro atoms. The molecule has 4 aromatic rings. The van der Waals surface area contributed by atoms with Gasteiger partial charge in [-0.2, -0.15) is 0 Å². The summed E-state index contributed by atoms with van der Waals surface area (Å²) in [4.78, 5) is 21.8. The number of halogens is 1. The van der Waals surface area contributed by atoms with Gasteiger partial charge in [-0.05, 0) is 30.2 Å². The van der Waals surface area contributed by atoms with Crippen molar-refractivity contribution < 1.29 is 9.53 Å². The van der Waals surface area contributed by atoms with Crippen molar-refractivity contribution in [1.82, 2.24) is 19.7 Å². The van der Waals surface area contributed by atoms with Crippen molar-refractivity contribution >= 4 is 23.2 Å². The zero-order valence-electron chi connectivity index (χ0n) is 16.7. The highest BCUT2D eigenvalue weighted by Gasteiger charge is 2.18. The van der Waals surface area contributed by atoms with Crippen molar-refractivity contribution in [3.63, 3.8) is 0 Å². The first kappa shape index (κ1) is 19.9. The summed E-state index contributed by atoms with van der Waals surface area (Å²) in [5.74, 6) is 0.557. The van der Waals surface area contributed by atoms with Crippen LogP contribution in [-0.2, 0) is 13.0 Å². The lowest BCUT2D eigenvalue weighted by Gasteiger charge is -2.08. The number of hydrogen-bond acceptors (Lipinski definition) is 4. The molecule has 0 atom stereocenters. The molecule has 4 rings (SSSR count). The first-order valence-electron chi connectivity index (χ1n) is 9.63. The molecule has 1 N–H and O–H groups in total. The van der Waals surface area contributed by atoms with Crippen LogP contribution in [0.2, 0.25) is 5.02 Å². The third-order valence-electron chi connectivity index (χ3n) is 4.89. The molecule has 0 unspecified atom stereocenters. The molecule has 0 saturated heterocycles. The number of benzene rings is 1. The number of nitrogens with zero attached hydrogens (tertiary/aromatic N) is 3. The summed E-state index contributed by atoms with van der Waals surface area (Å²) in [5.41, 5.74) is 4.82. The molecule has 0 aliphatic heterocycles. The maximum Gasteiger partial charge on any atom is 0.270 e. The van der Waals surface area contributed by atoms with E-state index in [0.717, 1.165) is 28.3 Å². The molecule has 1 amide bonds. The summed E-state index contributed by atoms with van der Waals surface area (Å²) >= 11 is 6.05. The zero-order valence-corrected chi connectivity index (χ0v) is 17.5. The van der Waals surface area contributed by atoms with Gasteiger partial charge in [0, 0.05) is 29.4 Å². The van der Waals surface area contributed by atoms with Gasteiger partial charge in [0.2, 0.25) is 0 Å². The van der Waals surface area contributed by atoms with Gasteiger partial charge in [0.25, 0.3) is 5.91 Å². The largest absolute Gasteiger partial charge is 0.495 e. The Bertz CT molecular complexity index is 1180. The number of fused-ring (bicyclic) bond motifs is 1. The van der Waals surface area contributed by atoms with Crippen LogP contribution in [0.1, 0.15) is 28.7 Å². The van der Waals surface area contributed by atoms with E-state index < -0.39 is 0 Å². The van der Waals surface area contributed by atoms with Gasteiger partial charge in [-0.1, -0.05) is 42.8 Å². The van der Waals surface area contributed by atoms with E-state index in [4.69, 9.17) is 16.3 Å². The molecule has 3 heterocycles. The van der Waals surface area contributed by atoms with Crippen LogP contribution in [0.3, 0.4) is 0 Å². The van der Waals surface area contributed by atoms with Crippen LogP contribution in [0.4, 0.5) is 0 Å². The normalized spacial score (nSPS) is 10.9. The van der Waals surface area contributed by atoms with E-state index in [-0.39, 0.29) is 5.91 Å². The van der Waals surface area contributed by atoms with Crippen molar-refractivity contribution in [2.45, 2.75) is 19.9 Å². The monoisotopic (exact) mass is 420 g/mol. The van der Waals surface area contributed by atoms with Crippen LogP contribution in [0.25, 0.3) is 16.9 Å². The fourth-order valence-corrected chi connectivity index (χ4v) is 3.44. The standard InChI is InChI=1S/C23H21ClN4O2/c1-3-19-22(28-11-10-17(24)12-21(28)27-19)23(29)26-13-15-4-6-16(7-5-15)20-9-8-18(30-2)14-25-20/h4-12,14H,3,13H2,1-2H3,(H,26,29). The summed E-state index contributed by atoms with van der Waals surface area (Å²) in [5, 5.41) is 3.58. The molecule has 30 heavy (non-hydrogen) atoms. The molecule has 0 aliphatic rings. The second-order valence-electron chi connectivity index (χ2n) is 6.80. The fraction of sp³-hybridized carbons (Fsp3) is 0.174. The van der Waals surface area contributed by atoms with Crippen LogP contribution in [0, 0.1) is 0 Å². The summed E-state index contributed by atoms with van der Waals surface area (Å²) in [7, 11) is 1.62. The third-order valence-corrected chi connectivity index (χ3v) is 5.12. The maximum absolute atomic E-state index is 12.9. The van der Waals surface area contributed by atoms with E-state index in [2.05, 4.69) is 15.3 Å². The molecule has 0 bridgehead atoms. The van der Waals surface area contributed by atoms with Gasteiger partial charge in [-0.3, -0.25) is 14.2 Å². The predicted octanol–water partition coefficient (Wildman–Crippen LogP) is 4.55. The average molecular weight is 421 g/mol. The molecule has 0 fully saturated rings. The van der Waals surface area contributed by atoms with Gasteiger partial charge < -0.3 is 10.1 Å². The number of amides is 1. The number of methoxy groups -OCH3 is 1. The Morgan fingerprint density at radius 1 is 1.17 bits per heavy atom. The molecular formula is C23H21ClN4O2. The Morgan fingerprint density at radius 2 is 1.97 bits per heavy atom. The molecular weight excluding hydrogens is 400 g/mol. The lowest BCUT2D eigenvalue weighted by atomic mass is 10.1. The molecule has 7 heteroatoms. The number of carbonyl (C=O) groups excluding carboxylic acids is 1. The van der Waals surface area contributed by atoms with Crippen molar-refractivity contribution in [2.75, 3.05) is 7.11 Å². The number of aromatic nitrogens is 3. The lowest BCUT2D eigenvalue weighted by Crippen LogP contribution is -2.25. The van der Waals surface area contributed by atoms with Crippen molar-refractivity contribution in [3.05, 3.63) is 82.9 Å². The smallest absolute Gasteiger partial charge is 0.270 e. The van der Waals surface area contributed by atoms with Crippen LogP contribution < -0.4 is 10.1 Å². The first-order chi connectivity index (χ1) is 14.6. The highest BCUT2D eigenvalue weighted by molar-refractivity contribution is 6.30. The highest BCUT2D eigenvalue weighted by atomic mass is 35.5. The fourth-order valence-electron chi connectivity index (χ4n) is 3.29. The molecule has 0 radical (unpaired) electrons. The minimum atomic E-state index is -0.164. The van der Waals surface area contributed by atoms with E-state index in [1.165, 1.54) is 0 Å². The Balaban J connectivity index is 1.48. The van der Waals surface area contributed by atoms with E-state index in [9.17, 15) is 4.79 Å². The van der Waals surface area contributed by atoms with Crippen LogP contribution in [0.5, 0.6) is 5.75 Å². The van der Waals surface area contributed by atoms with Gasteiger partial charge in [0.15, 0.2) is 0 Å². The molecule has 6 nitrogen and oxygen atoms in total. The van der Waals surface area contributed by atoms with Crippen LogP contribution >= 0.6 is 11.6 Å². The minimum Gasteiger partial charge on any atom is -0.495 e. The topological polar surface area (TPSA) is 68.5 Å². The molecule has 0 saturated carbocycles. The van der Waals surface area contributed by atoms with Gasteiger partial charge >= 0.3 is 0 Å². The van der Waals surface area contributed by atoms with Crippen LogP contribution in [0.15, 0.2) is 60.9 Å². The van der Waals surface area contributed by atoms with Crippen molar-refractivity contribution in [2.24, 2.45) is 0 Å². The van der Waals surface area contributed by atoms with Crippen molar-refractivity contribution in [1.29, 1.82) is 0 Å². The Labute approximate surface area is 179 Å².